The Bertz CT molecular complexity index is 507. The van der Waals surface area contributed by atoms with Crippen molar-refractivity contribution >= 4 is 37.8 Å². The van der Waals surface area contributed by atoms with Crippen molar-refractivity contribution in [2.24, 2.45) is 0 Å². The van der Waals surface area contributed by atoms with Crippen LogP contribution in [0.15, 0.2) is 21.1 Å². The monoisotopic (exact) mass is 418 g/mol. The summed E-state index contributed by atoms with van der Waals surface area (Å²) < 4.78 is 7.49. The van der Waals surface area contributed by atoms with Crippen molar-refractivity contribution in [3.8, 4) is 5.75 Å². The van der Waals surface area contributed by atoms with Crippen LogP contribution >= 0.6 is 31.9 Å². The SMILES string of the molecule is CC(Oc1c(Br)cc(CNC2CC2)cc1Br)C(=O)N(C)C. The first-order valence-corrected chi connectivity index (χ1v) is 8.56. The van der Waals surface area contributed by atoms with E-state index in [1.54, 1.807) is 21.0 Å². The molecule has 1 aromatic rings. The van der Waals surface area contributed by atoms with Crippen LogP contribution < -0.4 is 10.1 Å². The van der Waals surface area contributed by atoms with E-state index in [4.69, 9.17) is 4.74 Å². The summed E-state index contributed by atoms with van der Waals surface area (Å²) in [4.78, 5) is 13.4. The zero-order valence-corrected chi connectivity index (χ0v) is 15.6. The highest BCUT2D eigenvalue weighted by atomic mass is 79.9. The first-order valence-electron chi connectivity index (χ1n) is 6.97. The molecule has 1 unspecified atom stereocenters. The lowest BCUT2D eigenvalue weighted by molar-refractivity contribution is -0.135. The van der Waals surface area contributed by atoms with Crippen molar-refractivity contribution in [1.82, 2.24) is 10.2 Å². The van der Waals surface area contributed by atoms with Crippen LogP contribution in [0.5, 0.6) is 5.75 Å². The molecule has 116 valence electrons. The molecule has 0 heterocycles. The molecule has 1 atom stereocenters. The number of hydrogen-bond acceptors (Lipinski definition) is 3. The van der Waals surface area contributed by atoms with Crippen molar-refractivity contribution in [3.05, 3.63) is 26.6 Å². The second-order valence-electron chi connectivity index (χ2n) is 5.54. The van der Waals surface area contributed by atoms with Crippen LogP contribution in [0.25, 0.3) is 0 Å². The van der Waals surface area contributed by atoms with Crippen LogP contribution in [0.2, 0.25) is 0 Å². The largest absolute Gasteiger partial charge is 0.479 e. The van der Waals surface area contributed by atoms with Gasteiger partial charge in [-0.15, -0.1) is 0 Å². The average molecular weight is 420 g/mol. The van der Waals surface area contributed by atoms with E-state index in [1.807, 2.05) is 12.1 Å². The van der Waals surface area contributed by atoms with Crippen LogP contribution in [0, 0.1) is 0 Å². The molecule has 0 aromatic heterocycles. The fourth-order valence-electron chi connectivity index (χ4n) is 1.97. The Kier molecular flexibility index (Phi) is 5.68. The van der Waals surface area contributed by atoms with Gasteiger partial charge in [0.15, 0.2) is 6.10 Å². The highest BCUT2D eigenvalue weighted by Crippen LogP contribution is 2.35. The van der Waals surface area contributed by atoms with Crippen LogP contribution in [-0.2, 0) is 11.3 Å². The Hall–Kier alpha value is -0.590. The molecule has 0 spiro atoms. The lowest BCUT2D eigenvalue weighted by atomic mass is 10.2. The van der Waals surface area contributed by atoms with Crippen LogP contribution in [0.1, 0.15) is 25.3 Å². The maximum Gasteiger partial charge on any atom is 0.262 e. The maximum absolute atomic E-state index is 11.9. The fraction of sp³-hybridized carbons (Fsp3) is 0.533. The van der Waals surface area contributed by atoms with Crippen molar-refractivity contribution in [2.75, 3.05) is 14.1 Å². The van der Waals surface area contributed by atoms with E-state index in [0.29, 0.717) is 11.8 Å². The molecule has 2 rings (SSSR count). The Labute approximate surface area is 142 Å². The topological polar surface area (TPSA) is 41.6 Å². The molecule has 1 aliphatic rings. The number of carbonyl (C=O) groups is 1. The Balaban J connectivity index is 2.06. The minimum atomic E-state index is -0.525. The molecule has 1 aliphatic carbocycles. The number of ether oxygens (including phenoxy) is 1. The summed E-state index contributed by atoms with van der Waals surface area (Å²) in [7, 11) is 3.44. The van der Waals surface area contributed by atoms with Gasteiger partial charge in [0.1, 0.15) is 5.75 Å². The summed E-state index contributed by atoms with van der Waals surface area (Å²) in [6.07, 6.45) is 2.02. The fourth-order valence-corrected chi connectivity index (χ4v) is 3.44. The molecule has 1 aromatic carbocycles. The number of benzene rings is 1. The minimum absolute atomic E-state index is 0.0618. The van der Waals surface area contributed by atoms with E-state index in [1.165, 1.54) is 23.3 Å². The van der Waals surface area contributed by atoms with Crippen molar-refractivity contribution in [1.29, 1.82) is 0 Å². The molecule has 1 amide bonds. The lowest BCUT2D eigenvalue weighted by Crippen LogP contribution is -2.35. The van der Waals surface area contributed by atoms with Crippen molar-refractivity contribution < 1.29 is 9.53 Å². The molecule has 0 radical (unpaired) electrons. The predicted octanol–water partition coefficient (Wildman–Crippen LogP) is 3.32. The second kappa shape index (κ2) is 7.11. The first-order chi connectivity index (χ1) is 9.88. The number of amides is 1. The third kappa shape index (κ3) is 4.69. The van der Waals surface area contributed by atoms with Gasteiger partial charge in [-0.3, -0.25) is 4.79 Å². The van der Waals surface area contributed by atoms with Crippen molar-refractivity contribution in [2.45, 2.75) is 38.5 Å². The van der Waals surface area contributed by atoms with Gasteiger partial charge in [0.05, 0.1) is 8.95 Å². The summed E-state index contributed by atoms with van der Waals surface area (Å²) in [5, 5.41) is 3.48. The van der Waals surface area contributed by atoms with Crippen LogP contribution in [0.4, 0.5) is 0 Å². The standard InChI is InChI=1S/C15H20Br2N2O2/c1-9(15(20)19(2)3)21-14-12(16)6-10(7-13(14)17)8-18-11-4-5-11/h6-7,9,11,18H,4-5,8H2,1-3H3. The molecule has 4 nitrogen and oxygen atoms in total. The number of hydrogen-bond donors (Lipinski definition) is 1. The number of halogens is 2. The molecule has 1 saturated carbocycles. The van der Waals surface area contributed by atoms with Crippen LogP contribution in [0.3, 0.4) is 0 Å². The maximum atomic E-state index is 11.9. The molecule has 21 heavy (non-hydrogen) atoms. The van der Waals surface area contributed by atoms with Gasteiger partial charge in [-0.1, -0.05) is 0 Å². The van der Waals surface area contributed by atoms with Gasteiger partial charge in [0.2, 0.25) is 0 Å². The molecule has 6 heteroatoms. The van der Waals surface area contributed by atoms with Gasteiger partial charge in [0, 0.05) is 26.7 Å². The number of rotatable bonds is 6. The summed E-state index contributed by atoms with van der Waals surface area (Å²) >= 11 is 7.06. The molecule has 0 aliphatic heterocycles. The summed E-state index contributed by atoms with van der Waals surface area (Å²) in [5.41, 5.74) is 1.18. The third-order valence-corrected chi connectivity index (χ3v) is 4.49. The predicted molar refractivity (Wildman–Crippen MR) is 90.5 cm³/mol. The van der Waals surface area contributed by atoms with E-state index in [2.05, 4.69) is 37.2 Å². The highest BCUT2D eigenvalue weighted by Gasteiger charge is 2.22. The van der Waals surface area contributed by atoms with E-state index >= 15 is 0 Å². The third-order valence-electron chi connectivity index (χ3n) is 3.31. The summed E-state index contributed by atoms with van der Waals surface area (Å²) in [6, 6.07) is 4.74. The van der Waals surface area contributed by atoms with Crippen molar-refractivity contribution in [3.63, 3.8) is 0 Å². The molecule has 1 N–H and O–H groups in total. The van der Waals surface area contributed by atoms with Gasteiger partial charge in [-0.05, 0) is 69.3 Å². The quantitative estimate of drug-likeness (QED) is 0.768. The highest BCUT2D eigenvalue weighted by molar-refractivity contribution is 9.11. The lowest BCUT2D eigenvalue weighted by Gasteiger charge is -2.20. The minimum Gasteiger partial charge on any atom is -0.479 e. The van der Waals surface area contributed by atoms with Gasteiger partial charge >= 0.3 is 0 Å². The van der Waals surface area contributed by atoms with Gasteiger partial charge in [-0.25, -0.2) is 0 Å². The first kappa shape index (κ1) is 16.8. The van der Waals surface area contributed by atoms with Crippen LogP contribution in [-0.4, -0.2) is 37.0 Å². The van der Waals surface area contributed by atoms with E-state index in [-0.39, 0.29) is 5.91 Å². The molecular formula is C15H20Br2N2O2. The zero-order valence-electron chi connectivity index (χ0n) is 12.5. The average Bonchev–Trinajstić information content (AvgIpc) is 3.23. The Morgan fingerprint density at radius 2 is 1.95 bits per heavy atom. The Morgan fingerprint density at radius 3 is 2.43 bits per heavy atom. The van der Waals surface area contributed by atoms with E-state index < -0.39 is 6.10 Å². The van der Waals surface area contributed by atoms with Gasteiger partial charge in [-0.2, -0.15) is 0 Å². The van der Waals surface area contributed by atoms with E-state index in [0.717, 1.165) is 15.5 Å². The molecule has 0 bridgehead atoms. The smallest absolute Gasteiger partial charge is 0.262 e. The number of nitrogens with zero attached hydrogens (tertiary/aromatic N) is 1. The summed E-state index contributed by atoms with van der Waals surface area (Å²) in [5.74, 6) is 0.598. The van der Waals surface area contributed by atoms with Gasteiger partial charge < -0.3 is 15.0 Å². The number of carbonyl (C=O) groups excluding carboxylic acids is 1. The summed E-state index contributed by atoms with van der Waals surface area (Å²) in [6.45, 7) is 2.60. The Morgan fingerprint density at radius 1 is 1.38 bits per heavy atom. The van der Waals surface area contributed by atoms with Gasteiger partial charge in [0.25, 0.3) is 5.91 Å². The second-order valence-corrected chi connectivity index (χ2v) is 7.25. The number of nitrogens with one attached hydrogen (secondary N) is 1. The normalized spacial score (nSPS) is 15.7. The number of likely N-dealkylation sites (N-methyl/N-ethyl adjacent to an activating group) is 1. The molecule has 1 fully saturated rings. The van der Waals surface area contributed by atoms with E-state index in [9.17, 15) is 4.79 Å². The zero-order chi connectivity index (χ0) is 15.6. The molecular weight excluding hydrogens is 400 g/mol. The molecule has 0 saturated heterocycles.